The van der Waals surface area contributed by atoms with E-state index < -0.39 is 17.8 Å². The summed E-state index contributed by atoms with van der Waals surface area (Å²) in [6.45, 7) is 8.58. The highest BCUT2D eigenvalue weighted by Gasteiger charge is 2.37. The molecule has 138 valence electrons. The van der Waals surface area contributed by atoms with Crippen LogP contribution >= 0.6 is 0 Å². The maximum Gasteiger partial charge on any atom is 0.310 e. The lowest BCUT2D eigenvalue weighted by molar-refractivity contribution is -0.165. The number of rotatable bonds is 10. The highest BCUT2D eigenvalue weighted by Crippen LogP contribution is 2.30. The second-order valence-corrected chi connectivity index (χ2v) is 7.41. The fourth-order valence-corrected chi connectivity index (χ4v) is 3.50. The Hall–Kier alpha value is -1.32. The molecule has 0 fully saturated rings. The molecule has 0 radical (unpaired) electrons. The molecule has 4 heteroatoms. The molecule has 0 aromatic heterocycles. The first-order chi connectivity index (χ1) is 11.4. The van der Waals surface area contributed by atoms with Crippen LogP contribution in [0.4, 0.5) is 0 Å². The van der Waals surface area contributed by atoms with E-state index in [0.29, 0.717) is 24.7 Å². The monoisotopic (exact) mass is 338 g/mol. The van der Waals surface area contributed by atoms with Crippen molar-refractivity contribution in [2.75, 3.05) is 0 Å². The van der Waals surface area contributed by atoms with E-state index >= 15 is 0 Å². The fraction of sp³-hybridized carbons (Fsp3) is 0.800. The molecule has 4 nitrogen and oxygen atoms in total. The Morgan fingerprint density at radius 2 is 1.79 bits per heavy atom. The van der Waals surface area contributed by atoms with Crippen LogP contribution in [0.1, 0.15) is 72.6 Å². The minimum atomic E-state index is -0.903. The van der Waals surface area contributed by atoms with Gasteiger partial charge in [0.25, 0.3) is 0 Å². The molecule has 24 heavy (non-hydrogen) atoms. The van der Waals surface area contributed by atoms with Gasteiger partial charge in [-0.05, 0) is 43.9 Å². The summed E-state index contributed by atoms with van der Waals surface area (Å²) in [5, 5.41) is 9.37. The van der Waals surface area contributed by atoms with Crippen LogP contribution < -0.4 is 0 Å². The molecule has 0 saturated heterocycles. The molecule has 0 spiro atoms. The van der Waals surface area contributed by atoms with Crippen molar-refractivity contribution in [1.29, 1.82) is 0 Å². The minimum absolute atomic E-state index is 0.102. The van der Waals surface area contributed by atoms with Gasteiger partial charge in [0.05, 0.1) is 11.8 Å². The molecule has 0 aromatic carbocycles. The first-order valence-electron chi connectivity index (χ1n) is 9.48. The van der Waals surface area contributed by atoms with Crippen LogP contribution in [-0.2, 0) is 14.3 Å². The smallest absolute Gasteiger partial charge is 0.310 e. The fourth-order valence-electron chi connectivity index (χ4n) is 3.50. The van der Waals surface area contributed by atoms with Gasteiger partial charge < -0.3 is 9.84 Å². The molecule has 0 bridgehead atoms. The van der Waals surface area contributed by atoms with E-state index in [1.165, 1.54) is 0 Å². The molecule has 1 N–H and O–H groups in total. The summed E-state index contributed by atoms with van der Waals surface area (Å²) in [5.74, 6) is -1.63. The number of ether oxygens (including phenoxy) is 1. The van der Waals surface area contributed by atoms with Crippen molar-refractivity contribution in [3.63, 3.8) is 0 Å². The van der Waals surface area contributed by atoms with Gasteiger partial charge >= 0.3 is 11.9 Å². The van der Waals surface area contributed by atoms with Gasteiger partial charge in [0.15, 0.2) is 0 Å². The number of carbonyl (C=O) groups is 2. The number of esters is 1. The molecule has 4 unspecified atom stereocenters. The van der Waals surface area contributed by atoms with E-state index in [2.05, 4.69) is 27.7 Å². The third kappa shape index (κ3) is 6.29. The van der Waals surface area contributed by atoms with Gasteiger partial charge in [-0.25, -0.2) is 0 Å². The van der Waals surface area contributed by atoms with Gasteiger partial charge in [-0.15, -0.1) is 0 Å². The van der Waals surface area contributed by atoms with Crippen molar-refractivity contribution in [1.82, 2.24) is 0 Å². The maximum absolute atomic E-state index is 12.7. The molecule has 0 saturated carbocycles. The number of carboxylic acids is 1. The lowest BCUT2D eigenvalue weighted by Gasteiger charge is -2.31. The number of carboxylic acid groups (broad SMARTS) is 1. The van der Waals surface area contributed by atoms with Crippen molar-refractivity contribution >= 4 is 11.9 Å². The zero-order chi connectivity index (χ0) is 18.1. The molecule has 1 aliphatic rings. The highest BCUT2D eigenvalue weighted by atomic mass is 16.5. The van der Waals surface area contributed by atoms with Crippen molar-refractivity contribution in [2.45, 2.75) is 78.7 Å². The first kappa shape index (κ1) is 20.7. The zero-order valence-electron chi connectivity index (χ0n) is 15.7. The summed E-state index contributed by atoms with van der Waals surface area (Å²) in [5.41, 5.74) is 0. The Morgan fingerprint density at radius 1 is 1.17 bits per heavy atom. The lowest BCUT2D eigenvalue weighted by Crippen LogP contribution is -2.36. The molecular formula is C20H34O4. The first-order valence-corrected chi connectivity index (χ1v) is 9.48. The summed E-state index contributed by atoms with van der Waals surface area (Å²) in [6, 6.07) is 0. The zero-order valence-corrected chi connectivity index (χ0v) is 15.7. The standard InChI is InChI=1S/C20H34O4/c1-5-7-10-15(6-2)18(13-14(3)4)24-20(23)17-12-9-8-11-16(17)19(21)22/h8-9,14-18H,5-7,10-13H2,1-4H3,(H,21,22). The Balaban J connectivity index is 2.81. The minimum Gasteiger partial charge on any atom is -0.481 e. The molecule has 0 aliphatic heterocycles. The van der Waals surface area contributed by atoms with Crippen LogP contribution in [0.3, 0.4) is 0 Å². The SMILES string of the molecule is CCCCC(CC)C(CC(C)C)OC(=O)C1CC=CCC1C(=O)O. The Kier molecular flexibility index (Phi) is 9.09. The number of unbranched alkanes of at least 4 members (excludes halogenated alkanes) is 1. The summed E-state index contributed by atoms with van der Waals surface area (Å²) >= 11 is 0. The predicted octanol–water partition coefficient (Wildman–Crippen LogP) is 4.83. The third-order valence-electron chi connectivity index (χ3n) is 5.00. The van der Waals surface area contributed by atoms with E-state index in [9.17, 15) is 14.7 Å². The molecule has 0 heterocycles. The van der Waals surface area contributed by atoms with Crippen LogP contribution in [0.2, 0.25) is 0 Å². The van der Waals surface area contributed by atoms with E-state index in [0.717, 1.165) is 32.1 Å². The van der Waals surface area contributed by atoms with Crippen LogP contribution in [0.15, 0.2) is 12.2 Å². The quantitative estimate of drug-likeness (QED) is 0.458. The molecule has 0 amide bonds. The number of hydrogen-bond donors (Lipinski definition) is 1. The topological polar surface area (TPSA) is 63.6 Å². The number of aliphatic carboxylic acids is 1. The summed E-state index contributed by atoms with van der Waals surface area (Å²) < 4.78 is 5.90. The normalized spacial score (nSPS) is 23.0. The van der Waals surface area contributed by atoms with Crippen LogP contribution in [0.25, 0.3) is 0 Å². The molecular weight excluding hydrogens is 304 g/mol. The largest absolute Gasteiger partial charge is 0.481 e. The summed E-state index contributed by atoms with van der Waals surface area (Å²) in [7, 11) is 0. The van der Waals surface area contributed by atoms with Crippen molar-refractivity contribution < 1.29 is 19.4 Å². The molecule has 1 aliphatic carbocycles. The molecule has 4 atom stereocenters. The van der Waals surface area contributed by atoms with E-state index in [1.54, 1.807) is 0 Å². The number of hydrogen-bond acceptors (Lipinski definition) is 3. The second kappa shape index (κ2) is 10.5. The van der Waals surface area contributed by atoms with Gasteiger partial charge in [-0.2, -0.15) is 0 Å². The van der Waals surface area contributed by atoms with Gasteiger partial charge in [-0.3, -0.25) is 9.59 Å². The lowest BCUT2D eigenvalue weighted by atomic mass is 9.82. The van der Waals surface area contributed by atoms with Crippen LogP contribution in [0.5, 0.6) is 0 Å². The third-order valence-corrected chi connectivity index (χ3v) is 5.00. The van der Waals surface area contributed by atoms with Crippen molar-refractivity contribution in [3.05, 3.63) is 12.2 Å². The summed E-state index contributed by atoms with van der Waals surface area (Å²) in [6.07, 6.45) is 9.68. The Morgan fingerprint density at radius 3 is 2.29 bits per heavy atom. The van der Waals surface area contributed by atoms with Gasteiger partial charge in [0, 0.05) is 0 Å². The Bertz CT molecular complexity index is 427. The van der Waals surface area contributed by atoms with E-state index in [4.69, 9.17) is 4.74 Å². The van der Waals surface area contributed by atoms with Gasteiger partial charge in [-0.1, -0.05) is 52.7 Å². The van der Waals surface area contributed by atoms with Crippen molar-refractivity contribution in [2.24, 2.45) is 23.7 Å². The average Bonchev–Trinajstić information content (AvgIpc) is 2.54. The average molecular weight is 338 g/mol. The number of carbonyl (C=O) groups excluding carboxylic acids is 1. The summed E-state index contributed by atoms with van der Waals surface area (Å²) in [4.78, 5) is 24.1. The number of allylic oxidation sites excluding steroid dienone is 2. The maximum atomic E-state index is 12.7. The van der Waals surface area contributed by atoms with E-state index in [-0.39, 0.29) is 12.1 Å². The molecule has 0 aromatic rings. The highest BCUT2D eigenvalue weighted by molar-refractivity contribution is 5.81. The van der Waals surface area contributed by atoms with Crippen LogP contribution in [-0.4, -0.2) is 23.1 Å². The van der Waals surface area contributed by atoms with E-state index in [1.807, 2.05) is 12.2 Å². The molecule has 1 rings (SSSR count). The van der Waals surface area contributed by atoms with Gasteiger partial charge in [0.1, 0.15) is 6.10 Å². The second-order valence-electron chi connectivity index (χ2n) is 7.41. The van der Waals surface area contributed by atoms with Crippen LogP contribution in [0, 0.1) is 23.7 Å². The van der Waals surface area contributed by atoms with Gasteiger partial charge in [0.2, 0.25) is 0 Å². The van der Waals surface area contributed by atoms with Crippen molar-refractivity contribution in [3.8, 4) is 0 Å². The predicted molar refractivity (Wildman–Crippen MR) is 95.6 cm³/mol. The Labute approximate surface area is 146 Å².